The first-order chi connectivity index (χ1) is 13.1. The van der Waals surface area contributed by atoms with Crippen LogP contribution in [-0.4, -0.2) is 25.2 Å². The number of carbonyl (C=O) groups is 2. The highest BCUT2D eigenvalue weighted by molar-refractivity contribution is 5.88. The number of fused-ring (bicyclic) bond motifs is 1. The Balaban J connectivity index is 1.13. The molecule has 0 aromatic heterocycles. The van der Waals surface area contributed by atoms with E-state index < -0.39 is 0 Å². The van der Waals surface area contributed by atoms with Crippen LogP contribution in [0.25, 0.3) is 0 Å². The van der Waals surface area contributed by atoms with Crippen molar-refractivity contribution in [3.63, 3.8) is 0 Å². The van der Waals surface area contributed by atoms with Crippen LogP contribution in [-0.2, 0) is 16.1 Å². The van der Waals surface area contributed by atoms with E-state index in [9.17, 15) is 9.59 Å². The zero-order valence-corrected chi connectivity index (χ0v) is 15.5. The topological polar surface area (TPSA) is 76.7 Å². The summed E-state index contributed by atoms with van der Waals surface area (Å²) in [5, 5.41) is 5.79. The van der Waals surface area contributed by atoms with E-state index in [-0.39, 0.29) is 30.6 Å². The van der Waals surface area contributed by atoms with Gasteiger partial charge in [-0.1, -0.05) is 6.07 Å². The van der Waals surface area contributed by atoms with Gasteiger partial charge in [0.05, 0.1) is 6.54 Å². The summed E-state index contributed by atoms with van der Waals surface area (Å²) >= 11 is 0. The highest BCUT2D eigenvalue weighted by atomic mass is 16.7. The molecule has 0 atom stereocenters. The maximum absolute atomic E-state index is 12.9. The van der Waals surface area contributed by atoms with Crippen LogP contribution in [0.2, 0.25) is 0 Å². The van der Waals surface area contributed by atoms with Crippen LogP contribution in [0.5, 0.6) is 11.5 Å². The molecule has 1 heterocycles. The Kier molecular flexibility index (Phi) is 4.02. The summed E-state index contributed by atoms with van der Waals surface area (Å²) in [6.07, 6.45) is 6.98. The summed E-state index contributed by atoms with van der Waals surface area (Å²) in [5.41, 5.74) is 0.742. The first-order valence-corrected chi connectivity index (χ1v) is 10.0. The van der Waals surface area contributed by atoms with Gasteiger partial charge in [0.15, 0.2) is 11.5 Å². The number of carbonyl (C=O) groups excluding carboxylic acids is 2. The van der Waals surface area contributed by atoms with Gasteiger partial charge in [-0.05, 0) is 74.0 Å². The van der Waals surface area contributed by atoms with Crippen molar-refractivity contribution < 1.29 is 19.1 Å². The minimum atomic E-state index is -0.202. The lowest BCUT2D eigenvalue weighted by Gasteiger charge is -2.55. The molecular weight excluding hydrogens is 344 g/mol. The molecule has 4 fully saturated rings. The Morgan fingerprint density at radius 2 is 1.63 bits per heavy atom. The van der Waals surface area contributed by atoms with Crippen LogP contribution in [0.4, 0.5) is 0 Å². The van der Waals surface area contributed by atoms with Crippen LogP contribution < -0.4 is 20.1 Å². The minimum Gasteiger partial charge on any atom is -0.454 e. The normalized spacial score (nSPS) is 32.4. The van der Waals surface area contributed by atoms with Gasteiger partial charge in [0, 0.05) is 12.0 Å². The lowest BCUT2D eigenvalue weighted by molar-refractivity contribution is -0.147. The lowest BCUT2D eigenvalue weighted by atomic mass is 9.49. The summed E-state index contributed by atoms with van der Waals surface area (Å²) in [6.45, 7) is 0.690. The molecule has 4 aliphatic carbocycles. The van der Waals surface area contributed by atoms with Crippen molar-refractivity contribution in [1.82, 2.24) is 10.6 Å². The number of rotatable bonds is 5. The number of nitrogens with one attached hydrogen (secondary N) is 2. The number of benzene rings is 1. The molecule has 27 heavy (non-hydrogen) atoms. The fraction of sp³-hybridized carbons (Fsp3) is 0.619. The summed E-state index contributed by atoms with van der Waals surface area (Å²) in [6, 6.07) is 5.62. The predicted molar refractivity (Wildman–Crippen MR) is 98.0 cm³/mol. The molecule has 6 nitrogen and oxygen atoms in total. The Labute approximate surface area is 159 Å². The van der Waals surface area contributed by atoms with Crippen molar-refractivity contribution in [1.29, 1.82) is 0 Å². The zero-order valence-electron chi connectivity index (χ0n) is 15.5. The highest BCUT2D eigenvalue weighted by Crippen LogP contribution is 2.60. The van der Waals surface area contributed by atoms with Crippen LogP contribution in [0.3, 0.4) is 0 Å². The van der Waals surface area contributed by atoms with Crippen LogP contribution >= 0.6 is 0 Å². The quantitative estimate of drug-likeness (QED) is 0.834. The molecule has 2 N–H and O–H groups in total. The van der Waals surface area contributed by atoms with E-state index in [4.69, 9.17) is 9.47 Å². The summed E-state index contributed by atoms with van der Waals surface area (Å²) in [5.74, 6) is 3.54. The van der Waals surface area contributed by atoms with Gasteiger partial charge in [0.2, 0.25) is 18.6 Å². The number of hydrogen-bond acceptors (Lipinski definition) is 4. The standard InChI is InChI=1S/C21H26N2O4/c24-19(22-10-13-1-2-17-18(6-13)27-12-26-17)11-23-20(25)21-7-14-3-15(8-21)5-16(4-14)9-21/h1-2,6,14-16H,3-5,7-12H2,(H,22,24)(H,23,25). The van der Waals surface area contributed by atoms with Crippen LogP contribution in [0, 0.1) is 23.2 Å². The van der Waals surface area contributed by atoms with E-state index in [0.717, 1.165) is 48.3 Å². The fourth-order valence-electron chi connectivity index (χ4n) is 6.05. The molecule has 4 bridgehead atoms. The molecule has 1 aliphatic heterocycles. The van der Waals surface area contributed by atoms with Gasteiger partial charge >= 0.3 is 0 Å². The Morgan fingerprint density at radius 3 is 2.33 bits per heavy atom. The Bertz CT molecular complexity index is 740. The molecule has 5 aliphatic rings. The second kappa shape index (κ2) is 6.43. The molecule has 6 heteroatoms. The number of hydrogen-bond donors (Lipinski definition) is 2. The predicted octanol–water partition coefficient (Wildman–Crippen LogP) is 2.36. The number of ether oxygens (including phenoxy) is 2. The van der Waals surface area contributed by atoms with Gasteiger partial charge in [-0.2, -0.15) is 0 Å². The van der Waals surface area contributed by atoms with Crippen molar-refractivity contribution in [2.75, 3.05) is 13.3 Å². The average molecular weight is 370 g/mol. The van der Waals surface area contributed by atoms with Gasteiger partial charge in [0.1, 0.15) is 0 Å². The van der Waals surface area contributed by atoms with Crippen molar-refractivity contribution >= 4 is 11.8 Å². The second-order valence-corrected chi connectivity index (χ2v) is 8.84. The first kappa shape index (κ1) is 16.9. The average Bonchev–Trinajstić information content (AvgIpc) is 3.11. The molecule has 144 valence electrons. The largest absolute Gasteiger partial charge is 0.454 e. The Hall–Kier alpha value is -2.24. The third kappa shape index (κ3) is 3.15. The van der Waals surface area contributed by atoms with Crippen LogP contribution in [0.15, 0.2) is 18.2 Å². The molecule has 6 rings (SSSR count). The van der Waals surface area contributed by atoms with Gasteiger partial charge in [-0.3, -0.25) is 9.59 Å². The van der Waals surface area contributed by atoms with E-state index in [2.05, 4.69) is 10.6 Å². The van der Waals surface area contributed by atoms with E-state index in [1.54, 1.807) is 0 Å². The number of amides is 2. The highest BCUT2D eigenvalue weighted by Gasteiger charge is 2.54. The van der Waals surface area contributed by atoms with Crippen molar-refractivity contribution in [3.8, 4) is 11.5 Å². The minimum absolute atomic E-state index is 0.0468. The van der Waals surface area contributed by atoms with Gasteiger partial charge in [-0.25, -0.2) is 0 Å². The Morgan fingerprint density at radius 1 is 0.963 bits per heavy atom. The first-order valence-electron chi connectivity index (χ1n) is 10.0. The monoisotopic (exact) mass is 370 g/mol. The van der Waals surface area contributed by atoms with E-state index in [1.165, 1.54) is 19.3 Å². The molecule has 0 radical (unpaired) electrons. The van der Waals surface area contributed by atoms with E-state index in [1.807, 2.05) is 18.2 Å². The van der Waals surface area contributed by atoms with Crippen molar-refractivity contribution in [2.45, 2.75) is 45.1 Å². The fourth-order valence-corrected chi connectivity index (χ4v) is 6.05. The molecule has 1 aromatic rings. The zero-order chi connectivity index (χ0) is 18.4. The summed E-state index contributed by atoms with van der Waals surface area (Å²) in [7, 11) is 0. The molecular formula is C21H26N2O4. The lowest BCUT2D eigenvalue weighted by Crippen LogP contribution is -2.54. The molecule has 2 amide bonds. The van der Waals surface area contributed by atoms with Crippen molar-refractivity contribution in [2.24, 2.45) is 23.2 Å². The molecule has 4 saturated carbocycles. The van der Waals surface area contributed by atoms with Gasteiger partial charge in [0.25, 0.3) is 0 Å². The third-order valence-electron chi connectivity index (χ3n) is 6.86. The maximum atomic E-state index is 12.9. The summed E-state index contributed by atoms with van der Waals surface area (Å²) < 4.78 is 10.6. The van der Waals surface area contributed by atoms with Gasteiger partial charge < -0.3 is 20.1 Å². The molecule has 1 aromatic carbocycles. The molecule has 0 spiro atoms. The molecule has 0 unspecified atom stereocenters. The smallest absolute Gasteiger partial charge is 0.239 e. The van der Waals surface area contributed by atoms with Gasteiger partial charge in [-0.15, -0.1) is 0 Å². The maximum Gasteiger partial charge on any atom is 0.239 e. The third-order valence-corrected chi connectivity index (χ3v) is 6.86. The second-order valence-electron chi connectivity index (χ2n) is 8.84. The van der Waals surface area contributed by atoms with E-state index in [0.29, 0.717) is 12.3 Å². The van der Waals surface area contributed by atoms with Crippen molar-refractivity contribution in [3.05, 3.63) is 23.8 Å². The SMILES string of the molecule is O=C(CNC(=O)C12CC3CC(CC(C3)C1)C2)NCc1ccc2c(c1)OCO2. The van der Waals surface area contributed by atoms with Crippen LogP contribution in [0.1, 0.15) is 44.1 Å². The molecule has 0 saturated heterocycles. The van der Waals surface area contributed by atoms with E-state index >= 15 is 0 Å². The summed E-state index contributed by atoms with van der Waals surface area (Å²) in [4.78, 5) is 25.1.